The normalized spacial score (nSPS) is 16.5. The van der Waals surface area contributed by atoms with Crippen molar-refractivity contribution in [2.24, 2.45) is 0 Å². The van der Waals surface area contributed by atoms with Crippen LogP contribution in [0.1, 0.15) is 34.9 Å². The van der Waals surface area contributed by atoms with E-state index in [0.29, 0.717) is 12.1 Å². The number of hydrogen-bond acceptors (Lipinski definition) is 5. The van der Waals surface area contributed by atoms with Crippen molar-refractivity contribution < 1.29 is 14.3 Å². The first-order valence-corrected chi connectivity index (χ1v) is 11.7. The molecule has 0 aliphatic carbocycles. The summed E-state index contributed by atoms with van der Waals surface area (Å²) in [6, 6.07) is 14.3. The van der Waals surface area contributed by atoms with Gasteiger partial charge in [-0.25, -0.2) is 0 Å². The summed E-state index contributed by atoms with van der Waals surface area (Å²) < 4.78 is 5.66. The predicted octanol–water partition coefficient (Wildman–Crippen LogP) is 4.06. The van der Waals surface area contributed by atoms with Gasteiger partial charge in [0.2, 0.25) is 11.8 Å². The zero-order chi connectivity index (χ0) is 22.3. The summed E-state index contributed by atoms with van der Waals surface area (Å²) in [6.07, 6.45) is 5.48. The maximum Gasteiger partial charge on any atom is 0.247 e. The van der Waals surface area contributed by atoms with Crippen molar-refractivity contribution in [3.63, 3.8) is 0 Å². The zero-order valence-electron chi connectivity index (χ0n) is 18.1. The molecule has 0 radical (unpaired) electrons. The number of carbonyl (C=O) groups excluding carboxylic acids is 2. The quantitative estimate of drug-likeness (QED) is 0.563. The number of pyridine rings is 1. The summed E-state index contributed by atoms with van der Waals surface area (Å²) in [5, 5.41) is 4.98. The lowest BCUT2D eigenvalue weighted by Crippen LogP contribution is -2.46. The van der Waals surface area contributed by atoms with E-state index < -0.39 is 6.04 Å². The van der Waals surface area contributed by atoms with Crippen LogP contribution in [-0.2, 0) is 20.7 Å². The first-order chi connectivity index (χ1) is 15.6. The number of para-hydroxylation sites is 1. The topological polar surface area (TPSA) is 71.5 Å². The standard InChI is InChI=1S/C25H27N3O3S/c1-18-7-2-3-11-22(18)28(23(29)15-21-10-6-14-32-21)24(19-8-4-12-26-16-19)25(30)27-17-20-9-5-13-31-20/h2-4,6-8,10-12,14,16,20,24H,5,9,13,15,17H2,1H3,(H,27,30)/t20-,24+/m1/s1. The highest BCUT2D eigenvalue weighted by Crippen LogP contribution is 2.31. The number of anilines is 1. The van der Waals surface area contributed by atoms with E-state index in [1.54, 1.807) is 23.4 Å². The number of aromatic nitrogens is 1. The fraction of sp³-hybridized carbons (Fsp3) is 0.320. The van der Waals surface area contributed by atoms with Crippen molar-refractivity contribution in [2.75, 3.05) is 18.1 Å². The number of aryl methyl sites for hydroxylation is 1. The molecule has 3 aromatic rings. The van der Waals surface area contributed by atoms with Crippen LogP contribution in [0, 0.1) is 6.92 Å². The van der Waals surface area contributed by atoms with E-state index in [0.717, 1.165) is 35.6 Å². The molecule has 6 nitrogen and oxygen atoms in total. The number of ether oxygens (including phenoxy) is 1. The maximum atomic E-state index is 13.7. The van der Waals surface area contributed by atoms with E-state index in [1.807, 2.05) is 54.8 Å². The number of nitrogens with one attached hydrogen (secondary N) is 1. The van der Waals surface area contributed by atoms with Crippen LogP contribution >= 0.6 is 11.3 Å². The van der Waals surface area contributed by atoms with Gasteiger partial charge in [-0.05, 0) is 48.9 Å². The lowest BCUT2D eigenvalue weighted by Gasteiger charge is -2.32. The molecular formula is C25H27N3O3S. The van der Waals surface area contributed by atoms with Crippen LogP contribution in [0.4, 0.5) is 5.69 Å². The Morgan fingerprint density at radius 1 is 1.22 bits per heavy atom. The van der Waals surface area contributed by atoms with Crippen molar-refractivity contribution in [1.29, 1.82) is 0 Å². The van der Waals surface area contributed by atoms with E-state index in [4.69, 9.17) is 4.74 Å². The average molecular weight is 450 g/mol. The van der Waals surface area contributed by atoms with Crippen molar-refractivity contribution in [1.82, 2.24) is 10.3 Å². The van der Waals surface area contributed by atoms with Crippen molar-refractivity contribution in [2.45, 2.75) is 38.3 Å². The van der Waals surface area contributed by atoms with Gasteiger partial charge in [-0.2, -0.15) is 0 Å². The fourth-order valence-electron chi connectivity index (χ4n) is 3.97. The number of benzene rings is 1. The van der Waals surface area contributed by atoms with Crippen LogP contribution in [-0.4, -0.2) is 36.1 Å². The minimum absolute atomic E-state index is 0.0160. The predicted molar refractivity (Wildman–Crippen MR) is 126 cm³/mol. The highest BCUT2D eigenvalue weighted by molar-refractivity contribution is 7.10. The summed E-state index contributed by atoms with van der Waals surface area (Å²) >= 11 is 1.53. The Kier molecular flexibility index (Phi) is 7.29. The smallest absolute Gasteiger partial charge is 0.247 e. The number of amides is 2. The molecule has 1 aliphatic rings. The number of thiophene rings is 1. The third kappa shape index (κ3) is 5.23. The molecule has 4 rings (SSSR count). The molecule has 166 valence electrons. The molecule has 0 saturated carbocycles. The Bertz CT molecular complexity index is 1030. The minimum atomic E-state index is -0.835. The van der Waals surface area contributed by atoms with Crippen LogP contribution < -0.4 is 10.2 Å². The molecule has 3 heterocycles. The van der Waals surface area contributed by atoms with E-state index in [2.05, 4.69) is 10.3 Å². The van der Waals surface area contributed by atoms with Crippen molar-refractivity contribution in [3.8, 4) is 0 Å². The van der Waals surface area contributed by atoms with Crippen LogP contribution in [0.15, 0.2) is 66.3 Å². The highest BCUT2D eigenvalue weighted by Gasteiger charge is 2.34. The molecule has 7 heteroatoms. The molecule has 1 N–H and O–H groups in total. The Hall–Kier alpha value is -3.03. The van der Waals surface area contributed by atoms with Gasteiger partial charge in [0.1, 0.15) is 6.04 Å². The molecule has 1 fully saturated rings. The first kappa shape index (κ1) is 22.2. The van der Waals surface area contributed by atoms with Gasteiger partial charge in [-0.15, -0.1) is 11.3 Å². The summed E-state index contributed by atoms with van der Waals surface area (Å²) in [6.45, 7) is 3.10. The third-order valence-corrected chi connectivity index (χ3v) is 6.46. The molecule has 2 amide bonds. The van der Waals surface area contributed by atoms with Gasteiger partial charge < -0.3 is 10.1 Å². The molecule has 2 atom stereocenters. The monoisotopic (exact) mass is 449 g/mol. The third-order valence-electron chi connectivity index (χ3n) is 5.58. The number of nitrogens with zero attached hydrogens (tertiary/aromatic N) is 2. The van der Waals surface area contributed by atoms with Gasteiger partial charge in [0.15, 0.2) is 0 Å². The highest BCUT2D eigenvalue weighted by atomic mass is 32.1. The Labute approximate surface area is 192 Å². The largest absolute Gasteiger partial charge is 0.376 e. The molecule has 0 bridgehead atoms. The lowest BCUT2D eigenvalue weighted by molar-refractivity contribution is -0.126. The second-order valence-electron chi connectivity index (χ2n) is 7.88. The SMILES string of the molecule is Cc1ccccc1N(C(=O)Cc1cccs1)[C@H](C(=O)NC[C@H]1CCCO1)c1cccnc1. The van der Waals surface area contributed by atoms with Gasteiger partial charge in [0.05, 0.1) is 12.5 Å². The lowest BCUT2D eigenvalue weighted by atomic mass is 10.0. The molecule has 1 saturated heterocycles. The van der Waals surface area contributed by atoms with Gasteiger partial charge in [0, 0.05) is 41.7 Å². The summed E-state index contributed by atoms with van der Waals surface area (Å²) in [4.78, 5) is 34.0. The van der Waals surface area contributed by atoms with Gasteiger partial charge >= 0.3 is 0 Å². The van der Waals surface area contributed by atoms with Crippen LogP contribution in [0.3, 0.4) is 0 Å². The van der Waals surface area contributed by atoms with E-state index >= 15 is 0 Å². The molecule has 1 aliphatic heterocycles. The van der Waals surface area contributed by atoms with E-state index in [9.17, 15) is 9.59 Å². The number of carbonyl (C=O) groups is 2. The molecular weight excluding hydrogens is 422 g/mol. The first-order valence-electron chi connectivity index (χ1n) is 10.8. The van der Waals surface area contributed by atoms with Crippen molar-refractivity contribution >= 4 is 28.8 Å². The Morgan fingerprint density at radius 3 is 2.78 bits per heavy atom. The minimum Gasteiger partial charge on any atom is -0.376 e. The van der Waals surface area contributed by atoms with Crippen molar-refractivity contribution in [3.05, 3.63) is 82.3 Å². The summed E-state index contributed by atoms with van der Waals surface area (Å²) in [5.74, 6) is -0.376. The van der Waals surface area contributed by atoms with Crippen LogP contribution in [0.5, 0.6) is 0 Å². The van der Waals surface area contributed by atoms with Crippen LogP contribution in [0.2, 0.25) is 0 Å². The number of hydrogen-bond donors (Lipinski definition) is 1. The Balaban J connectivity index is 1.70. The van der Waals surface area contributed by atoms with Gasteiger partial charge in [-0.3, -0.25) is 19.5 Å². The average Bonchev–Trinajstić information content (AvgIpc) is 3.51. The molecule has 32 heavy (non-hydrogen) atoms. The molecule has 2 aromatic heterocycles. The second kappa shape index (κ2) is 10.5. The molecule has 1 aromatic carbocycles. The zero-order valence-corrected chi connectivity index (χ0v) is 18.9. The number of rotatable bonds is 8. The van der Waals surface area contributed by atoms with E-state index in [-0.39, 0.29) is 24.3 Å². The molecule has 0 spiro atoms. The summed E-state index contributed by atoms with van der Waals surface area (Å²) in [5.41, 5.74) is 2.31. The fourth-order valence-corrected chi connectivity index (χ4v) is 4.67. The molecule has 0 unspecified atom stereocenters. The second-order valence-corrected chi connectivity index (χ2v) is 8.91. The van der Waals surface area contributed by atoms with E-state index in [1.165, 1.54) is 11.3 Å². The Morgan fingerprint density at radius 2 is 2.09 bits per heavy atom. The van der Waals surface area contributed by atoms with Gasteiger partial charge in [0.25, 0.3) is 0 Å². The maximum absolute atomic E-state index is 13.7. The van der Waals surface area contributed by atoms with Crippen LogP contribution in [0.25, 0.3) is 0 Å². The van der Waals surface area contributed by atoms with Gasteiger partial charge in [-0.1, -0.05) is 30.3 Å². The summed E-state index contributed by atoms with van der Waals surface area (Å²) in [7, 11) is 0.